The van der Waals surface area contributed by atoms with E-state index in [1.807, 2.05) is 11.0 Å². The highest BCUT2D eigenvalue weighted by Gasteiger charge is 2.44. The maximum Gasteiger partial charge on any atom is 0.225 e. The lowest BCUT2D eigenvalue weighted by atomic mass is 9.96. The highest BCUT2D eigenvalue weighted by Crippen LogP contribution is 2.48. The first-order chi connectivity index (χ1) is 14.5. The molecule has 2 N–H and O–H groups in total. The molecule has 2 aliphatic rings. The number of carbonyl (C=O) groups excluding carboxylic acids is 1. The number of rotatable bonds is 8. The standard InChI is InChI=1S/C24H37FN4O.HI/c1-4-18(5-2)22(30)29-14-10-21(11-15-29)28-23(26-6-3)27-17-24(12-13-24)19-8-7-9-20(25)16-19;/h7-9,16,18,21H,4-6,10-15,17H2,1-3H3,(H2,26,27,28);1H. The zero-order valence-corrected chi connectivity index (χ0v) is 21.5. The number of piperidine rings is 1. The number of hydrogen-bond acceptors (Lipinski definition) is 2. The molecule has 2 fully saturated rings. The number of benzene rings is 1. The van der Waals surface area contributed by atoms with Crippen LogP contribution in [0, 0.1) is 11.7 Å². The molecular weight excluding hydrogens is 506 g/mol. The van der Waals surface area contributed by atoms with Crippen molar-refractivity contribution in [1.29, 1.82) is 0 Å². The van der Waals surface area contributed by atoms with Crippen LogP contribution in [0.4, 0.5) is 4.39 Å². The average molecular weight is 544 g/mol. The van der Waals surface area contributed by atoms with Crippen molar-refractivity contribution in [3.8, 4) is 0 Å². The number of amides is 1. The molecule has 1 aromatic rings. The Morgan fingerprint density at radius 1 is 1.23 bits per heavy atom. The van der Waals surface area contributed by atoms with Crippen LogP contribution in [0.5, 0.6) is 0 Å². The van der Waals surface area contributed by atoms with E-state index in [1.165, 1.54) is 6.07 Å². The Morgan fingerprint density at radius 2 is 1.90 bits per heavy atom. The van der Waals surface area contributed by atoms with Crippen molar-refractivity contribution in [2.45, 2.75) is 70.8 Å². The summed E-state index contributed by atoms with van der Waals surface area (Å²) in [4.78, 5) is 19.5. The molecule has 1 amide bonds. The lowest BCUT2D eigenvalue weighted by molar-refractivity contribution is -0.136. The van der Waals surface area contributed by atoms with Crippen LogP contribution >= 0.6 is 24.0 Å². The topological polar surface area (TPSA) is 56.7 Å². The van der Waals surface area contributed by atoms with E-state index < -0.39 is 0 Å². The first kappa shape index (κ1) is 25.9. The summed E-state index contributed by atoms with van der Waals surface area (Å²) in [6.07, 6.45) is 5.80. The number of aliphatic imine (C=N–C) groups is 1. The van der Waals surface area contributed by atoms with Crippen molar-refractivity contribution in [3.63, 3.8) is 0 Å². The third-order valence-corrected chi connectivity index (χ3v) is 6.66. The summed E-state index contributed by atoms with van der Waals surface area (Å²) >= 11 is 0. The van der Waals surface area contributed by atoms with E-state index in [0.717, 1.165) is 69.7 Å². The molecule has 1 aliphatic heterocycles. The molecule has 1 heterocycles. The fraction of sp³-hybridized carbons (Fsp3) is 0.667. The normalized spacial score (nSPS) is 18.5. The number of guanidine groups is 1. The molecular formula is C24H38FIN4O. The fourth-order valence-corrected chi connectivity index (χ4v) is 4.39. The quantitative estimate of drug-likeness (QED) is 0.289. The number of carbonyl (C=O) groups is 1. The van der Waals surface area contributed by atoms with Crippen molar-refractivity contribution in [2.75, 3.05) is 26.2 Å². The van der Waals surface area contributed by atoms with Gasteiger partial charge in [0.15, 0.2) is 5.96 Å². The van der Waals surface area contributed by atoms with E-state index in [-0.39, 0.29) is 41.1 Å². The minimum atomic E-state index is -0.178. The molecule has 1 saturated carbocycles. The molecule has 1 aromatic carbocycles. The number of nitrogens with one attached hydrogen (secondary N) is 2. The second-order valence-electron chi connectivity index (χ2n) is 8.74. The fourth-order valence-electron chi connectivity index (χ4n) is 4.39. The van der Waals surface area contributed by atoms with E-state index in [9.17, 15) is 9.18 Å². The van der Waals surface area contributed by atoms with Gasteiger partial charge in [-0.15, -0.1) is 24.0 Å². The van der Waals surface area contributed by atoms with Gasteiger partial charge in [0.25, 0.3) is 0 Å². The van der Waals surface area contributed by atoms with Gasteiger partial charge in [-0.3, -0.25) is 9.79 Å². The van der Waals surface area contributed by atoms with Gasteiger partial charge in [-0.2, -0.15) is 0 Å². The highest BCUT2D eigenvalue weighted by molar-refractivity contribution is 14.0. The van der Waals surface area contributed by atoms with Crippen molar-refractivity contribution >= 4 is 35.8 Å². The summed E-state index contributed by atoms with van der Waals surface area (Å²) in [5, 5.41) is 6.91. The number of hydrogen-bond donors (Lipinski definition) is 2. The van der Waals surface area contributed by atoms with Gasteiger partial charge in [-0.25, -0.2) is 4.39 Å². The number of nitrogens with zero attached hydrogens (tertiary/aromatic N) is 2. The van der Waals surface area contributed by atoms with Crippen LogP contribution in [0.3, 0.4) is 0 Å². The average Bonchev–Trinajstić information content (AvgIpc) is 3.55. The zero-order valence-electron chi connectivity index (χ0n) is 19.1. The molecule has 3 rings (SSSR count). The van der Waals surface area contributed by atoms with Crippen LogP contribution in [0.15, 0.2) is 29.3 Å². The maximum atomic E-state index is 13.6. The first-order valence-electron chi connectivity index (χ1n) is 11.6. The lowest BCUT2D eigenvalue weighted by Gasteiger charge is -2.35. The van der Waals surface area contributed by atoms with Gasteiger partial charge in [0, 0.05) is 37.0 Å². The third kappa shape index (κ3) is 6.80. The Bertz CT molecular complexity index is 741. The van der Waals surface area contributed by atoms with Crippen LogP contribution in [-0.2, 0) is 10.2 Å². The summed E-state index contributed by atoms with van der Waals surface area (Å²) in [5.41, 5.74) is 1.03. The summed E-state index contributed by atoms with van der Waals surface area (Å²) < 4.78 is 13.6. The van der Waals surface area contributed by atoms with Gasteiger partial charge >= 0.3 is 0 Å². The van der Waals surface area contributed by atoms with Gasteiger partial charge in [0.05, 0.1) is 6.54 Å². The Balaban J connectivity index is 0.00000341. The zero-order chi connectivity index (χ0) is 21.6. The Morgan fingerprint density at radius 3 is 2.45 bits per heavy atom. The molecule has 0 aromatic heterocycles. The minimum absolute atomic E-state index is 0. The monoisotopic (exact) mass is 544 g/mol. The molecule has 7 heteroatoms. The largest absolute Gasteiger partial charge is 0.357 e. The predicted octanol–water partition coefficient (Wildman–Crippen LogP) is 4.46. The molecule has 31 heavy (non-hydrogen) atoms. The Labute approximate surface area is 203 Å². The molecule has 0 atom stereocenters. The summed E-state index contributed by atoms with van der Waals surface area (Å²) in [6.45, 7) is 9.32. The predicted molar refractivity (Wildman–Crippen MR) is 136 cm³/mol. The number of likely N-dealkylation sites (tertiary alicyclic amines) is 1. The second kappa shape index (κ2) is 12.0. The van der Waals surface area contributed by atoms with E-state index in [1.54, 1.807) is 12.1 Å². The van der Waals surface area contributed by atoms with Crippen molar-refractivity contribution in [1.82, 2.24) is 15.5 Å². The summed E-state index contributed by atoms with van der Waals surface area (Å²) in [6, 6.07) is 7.26. The first-order valence-corrected chi connectivity index (χ1v) is 11.6. The molecule has 0 bridgehead atoms. The Kier molecular flexibility index (Phi) is 10.0. The molecule has 0 radical (unpaired) electrons. The molecule has 1 saturated heterocycles. The molecule has 5 nitrogen and oxygen atoms in total. The molecule has 1 aliphatic carbocycles. The van der Waals surface area contributed by atoms with Crippen LogP contribution in [0.1, 0.15) is 64.9 Å². The van der Waals surface area contributed by atoms with Gasteiger partial charge in [0.1, 0.15) is 5.82 Å². The van der Waals surface area contributed by atoms with Gasteiger partial charge in [-0.1, -0.05) is 26.0 Å². The Hall–Kier alpha value is -1.38. The van der Waals surface area contributed by atoms with Gasteiger partial charge in [0.2, 0.25) is 5.91 Å². The van der Waals surface area contributed by atoms with E-state index >= 15 is 0 Å². The number of halogens is 2. The SMILES string of the molecule is CCNC(=NCC1(c2cccc(F)c2)CC1)NC1CCN(C(=O)C(CC)CC)CC1.I. The van der Waals surface area contributed by atoms with Gasteiger partial charge in [-0.05, 0) is 63.1 Å². The van der Waals surface area contributed by atoms with Crippen molar-refractivity contribution in [3.05, 3.63) is 35.6 Å². The van der Waals surface area contributed by atoms with Crippen LogP contribution in [-0.4, -0.2) is 49.0 Å². The maximum absolute atomic E-state index is 13.6. The smallest absolute Gasteiger partial charge is 0.225 e. The third-order valence-electron chi connectivity index (χ3n) is 6.66. The van der Waals surface area contributed by atoms with Crippen molar-refractivity contribution in [2.24, 2.45) is 10.9 Å². The van der Waals surface area contributed by atoms with E-state index in [4.69, 9.17) is 4.99 Å². The minimum Gasteiger partial charge on any atom is -0.357 e. The lowest BCUT2D eigenvalue weighted by Crippen LogP contribution is -2.50. The van der Waals surface area contributed by atoms with E-state index in [0.29, 0.717) is 18.5 Å². The summed E-state index contributed by atoms with van der Waals surface area (Å²) in [7, 11) is 0. The van der Waals surface area contributed by atoms with Crippen molar-refractivity contribution < 1.29 is 9.18 Å². The molecule has 174 valence electrons. The molecule has 0 unspecified atom stereocenters. The van der Waals surface area contributed by atoms with Gasteiger partial charge < -0.3 is 15.5 Å². The summed E-state index contributed by atoms with van der Waals surface area (Å²) in [5.74, 6) is 1.11. The molecule has 0 spiro atoms. The van der Waals surface area contributed by atoms with Crippen LogP contribution in [0.2, 0.25) is 0 Å². The van der Waals surface area contributed by atoms with E-state index in [2.05, 4.69) is 31.4 Å². The van der Waals surface area contributed by atoms with Crippen LogP contribution in [0.25, 0.3) is 0 Å². The van der Waals surface area contributed by atoms with Crippen LogP contribution < -0.4 is 10.6 Å². The second-order valence-corrected chi connectivity index (χ2v) is 8.74. The highest BCUT2D eigenvalue weighted by atomic mass is 127.